The monoisotopic (exact) mass is 384 g/mol. The fourth-order valence-corrected chi connectivity index (χ4v) is 3.50. The Labute approximate surface area is 161 Å². The topological polar surface area (TPSA) is 121 Å². The van der Waals surface area contributed by atoms with E-state index in [2.05, 4.69) is 52.2 Å². The number of anilines is 2. The fraction of sp³-hybridized carbons (Fsp3) is 0.333. The number of nitrogens with zero attached hydrogens (tertiary/aromatic N) is 4. The summed E-state index contributed by atoms with van der Waals surface area (Å²) in [4.78, 5) is 4.60. The molecule has 3 rings (SSSR count). The Kier molecular flexibility index (Phi) is 5.24. The van der Waals surface area contributed by atoms with Crippen LogP contribution < -0.4 is 16.5 Å². The maximum atomic E-state index is 8.64. The largest absolute Gasteiger partial charge is 0.330 e. The Morgan fingerprint density at radius 3 is 2.81 bits per heavy atom. The van der Waals surface area contributed by atoms with E-state index < -0.39 is 0 Å². The molecule has 0 aliphatic carbocycles. The van der Waals surface area contributed by atoms with Gasteiger partial charge in [0.25, 0.3) is 0 Å². The predicted octanol–water partition coefficient (Wildman–Crippen LogP) is 2.60. The molecular formula is C18H24N8S. The molecule has 3 aromatic heterocycles. The van der Waals surface area contributed by atoms with Crippen molar-refractivity contribution < 1.29 is 0 Å². The van der Waals surface area contributed by atoms with Gasteiger partial charge in [-0.25, -0.2) is 4.98 Å². The summed E-state index contributed by atoms with van der Waals surface area (Å²) in [7, 11) is 0. The highest BCUT2D eigenvalue weighted by Gasteiger charge is 2.21. The normalized spacial score (nSPS) is 11.6. The number of hydrogen-bond acceptors (Lipinski definition) is 7. The van der Waals surface area contributed by atoms with Gasteiger partial charge >= 0.3 is 0 Å². The van der Waals surface area contributed by atoms with E-state index in [9.17, 15) is 0 Å². The lowest BCUT2D eigenvalue weighted by Crippen LogP contribution is -2.25. The Morgan fingerprint density at radius 2 is 2.19 bits per heavy atom. The first kappa shape index (κ1) is 19.0. The SMILES string of the molecule is C=C(c1cn[nH]c1)n1cc(CCN)nc(Nc2sncc2C(C)(C)C)c1=N. The van der Waals surface area contributed by atoms with Crippen molar-refractivity contribution in [2.24, 2.45) is 5.73 Å². The van der Waals surface area contributed by atoms with Gasteiger partial charge < -0.3 is 11.1 Å². The molecule has 0 amide bonds. The first-order chi connectivity index (χ1) is 12.8. The molecule has 0 atom stereocenters. The lowest BCUT2D eigenvalue weighted by molar-refractivity contribution is 0.593. The quantitative estimate of drug-likeness (QED) is 0.520. The molecule has 9 heteroatoms. The van der Waals surface area contributed by atoms with Crippen LogP contribution in [0.5, 0.6) is 0 Å². The number of nitrogens with one attached hydrogen (secondary N) is 3. The fourth-order valence-electron chi connectivity index (χ4n) is 2.64. The molecule has 0 aliphatic heterocycles. The van der Waals surface area contributed by atoms with E-state index in [1.54, 1.807) is 23.2 Å². The second kappa shape index (κ2) is 7.45. The second-order valence-electron chi connectivity index (χ2n) is 7.22. The van der Waals surface area contributed by atoms with Gasteiger partial charge in [-0.1, -0.05) is 27.4 Å². The van der Waals surface area contributed by atoms with Crippen LogP contribution in [0.2, 0.25) is 0 Å². The molecular weight excluding hydrogens is 360 g/mol. The number of aromatic nitrogens is 5. The summed E-state index contributed by atoms with van der Waals surface area (Å²) in [6.07, 6.45) is 7.67. The number of nitrogens with two attached hydrogens (primary N) is 1. The van der Waals surface area contributed by atoms with Crippen molar-refractivity contribution in [2.75, 3.05) is 11.9 Å². The molecule has 0 radical (unpaired) electrons. The molecule has 27 heavy (non-hydrogen) atoms. The van der Waals surface area contributed by atoms with E-state index >= 15 is 0 Å². The molecule has 0 saturated heterocycles. The summed E-state index contributed by atoms with van der Waals surface area (Å²) in [5, 5.41) is 19.6. The summed E-state index contributed by atoms with van der Waals surface area (Å²) in [6.45, 7) is 11.0. The molecule has 0 unspecified atom stereocenters. The molecule has 0 spiro atoms. The van der Waals surface area contributed by atoms with Gasteiger partial charge in [0.1, 0.15) is 5.00 Å². The van der Waals surface area contributed by atoms with E-state index in [0.29, 0.717) is 24.5 Å². The molecule has 3 heterocycles. The van der Waals surface area contributed by atoms with Crippen LogP contribution in [0.3, 0.4) is 0 Å². The minimum Gasteiger partial charge on any atom is -0.330 e. The highest BCUT2D eigenvalue weighted by atomic mass is 32.1. The molecule has 5 N–H and O–H groups in total. The van der Waals surface area contributed by atoms with Gasteiger partial charge in [-0.15, -0.1) is 0 Å². The molecule has 0 saturated carbocycles. The minimum atomic E-state index is -0.0667. The van der Waals surface area contributed by atoms with Gasteiger partial charge in [0.15, 0.2) is 11.3 Å². The van der Waals surface area contributed by atoms with Gasteiger partial charge in [-0.05, 0) is 23.5 Å². The molecule has 142 valence electrons. The van der Waals surface area contributed by atoms with Crippen molar-refractivity contribution in [3.05, 3.63) is 53.7 Å². The van der Waals surface area contributed by atoms with Gasteiger partial charge in [-0.2, -0.15) is 9.47 Å². The van der Waals surface area contributed by atoms with E-state index in [-0.39, 0.29) is 10.9 Å². The van der Waals surface area contributed by atoms with E-state index in [1.807, 2.05) is 6.20 Å². The molecule has 8 nitrogen and oxygen atoms in total. The molecule has 3 aromatic rings. The first-order valence-electron chi connectivity index (χ1n) is 8.59. The van der Waals surface area contributed by atoms with Crippen molar-refractivity contribution in [3.63, 3.8) is 0 Å². The maximum absolute atomic E-state index is 8.64. The van der Waals surface area contributed by atoms with Crippen LogP contribution in [-0.2, 0) is 11.8 Å². The zero-order valence-corrected chi connectivity index (χ0v) is 16.5. The van der Waals surface area contributed by atoms with Crippen LogP contribution in [0, 0.1) is 5.41 Å². The minimum absolute atomic E-state index is 0.0667. The summed E-state index contributed by atoms with van der Waals surface area (Å²) in [6, 6.07) is 0. The van der Waals surface area contributed by atoms with Crippen LogP contribution in [0.1, 0.15) is 37.6 Å². The summed E-state index contributed by atoms with van der Waals surface area (Å²) < 4.78 is 6.00. The smallest absolute Gasteiger partial charge is 0.174 e. The lowest BCUT2D eigenvalue weighted by atomic mass is 9.89. The number of aromatic amines is 1. The summed E-state index contributed by atoms with van der Waals surface area (Å²) in [5.74, 6) is 0.445. The second-order valence-corrected chi connectivity index (χ2v) is 8.02. The van der Waals surface area contributed by atoms with Crippen LogP contribution in [0.15, 0.2) is 31.4 Å². The van der Waals surface area contributed by atoms with Gasteiger partial charge in [0.05, 0.1) is 17.6 Å². The Bertz CT molecular complexity index is 991. The third-order valence-electron chi connectivity index (χ3n) is 4.13. The van der Waals surface area contributed by atoms with E-state index in [0.717, 1.165) is 21.8 Å². The Balaban J connectivity index is 2.07. The molecule has 0 aromatic carbocycles. The van der Waals surface area contributed by atoms with Crippen molar-refractivity contribution in [1.82, 2.24) is 24.1 Å². The number of rotatable bonds is 6. The zero-order chi connectivity index (χ0) is 19.6. The molecule has 0 bridgehead atoms. The number of hydrogen-bond donors (Lipinski definition) is 4. The van der Waals surface area contributed by atoms with Crippen LogP contribution in [0.25, 0.3) is 5.70 Å². The number of H-pyrrole nitrogens is 1. The van der Waals surface area contributed by atoms with Crippen molar-refractivity contribution in [3.8, 4) is 0 Å². The van der Waals surface area contributed by atoms with Crippen molar-refractivity contribution in [2.45, 2.75) is 32.6 Å². The maximum Gasteiger partial charge on any atom is 0.174 e. The van der Waals surface area contributed by atoms with Gasteiger partial charge in [0.2, 0.25) is 0 Å². The van der Waals surface area contributed by atoms with Crippen LogP contribution >= 0.6 is 11.5 Å². The van der Waals surface area contributed by atoms with Gasteiger partial charge in [0, 0.05) is 36.1 Å². The van der Waals surface area contributed by atoms with E-state index in [1.165, 1.54) is 11.5 Å². The molecule has 0 fully saturated rings. The third kappa shape index (κ3) is 3.99. The Hall–Kier alpha value is -2.78. The lowest BCUT2D eigenvalue weighted by Gasteiger charge is -2.19. The Morgan fingerprint density at radius 1 is 1.41 bits per heavy atom. The van der Waals surface area contributed by atoms with Crippen molar-refractivity contribution in [1.29, 1.82) is 5.41 Å². The summed E-state index contributed by atoms with van der Waals surface area (Å²) in [5.41, 5.74) is 9.16. The third-order valence-corrected chi connectivity index (χ3v) is 4.85. The average Bonchev–Trinajstić information content (AvgIpc) is 3.28. The average molecular weight is 385 g/mol. The van der Waals surface area contributed by atoms with Crippen LogP contribution in [-0.4, -0.2) is 30.7 Å². The zero-order valence-electron chi connectivity index (χ0n) is 15.7. The van der Waals surface area contributed by atoms with Gasteiger partial charge in [-0.3, -0.25) is 15.1 Å². The first-order valence-corrected chi connectivity index (χ1v) is 9.36. The van der Waals surface area contributed by atoms with E-state index in [4.69, 9.17) is 11.1 Å². The summed E-state index contributed by atoms with van der Waals surface area (Å²) >= 11 is 1.36. The standard InChI is InChI=1S/C18H24N8S/c1-11(12-7-21-22-8-12)26-10-13(5-6-19)24-16(15(26)20)25-17-14(9-23-27-17)18(2,3)4/h7-10,20H,1,5-6,19H2,2-4H3,(H,21,22)(H,24,25). The predicted molar refractivity (Wildman–Crippen MR) is 108 cm³/mol. The highest BCUT2D eigenvalue weighted by Crippen LogP contribution is 2.33. The van der Waals surface area contributed by atoms with Crippen molar-refractivity contribution >= 4 is 28.0 Å². The molecule has 0 aliphatic rings. The highest BCUT2D eigenvalue weighted by molar-refractivity contribution is 7.10. The van der Waals surface area contributed by atoms with Crippen LogP contribution in [0.4, 0.5) is 10.8 Å².